The highest BCUT2D eigenvalue weighted by Gasteiger charge is 2.57. The summed E-state index contributed by atoms with van der Waals surface area (Å²) in [4.78, 5) is 45.7. The molecule has 2 aliphatic rings. The Labute approximate surface area is 272 Å². The van der Waals surface area contributed by atoms with Crippen molar-refractivity contribution in [2.24, 2.45) is 11.8 Å². The lowest BCUT2D eigenvalue weighted by Gasteiger charge is -2.32. The molecule has 2 aliphatic heterocycles. The molecule has 4 aromatic rings. The number of carbonyl (C=O) groups excluding carboxylic acids is 3. The van der Waals surface area contributed by atoms with Gasteiger partial charge in [0.05, 0.1) is 16.8 Å². The maximum atomic E-state index is 14.6. The predicted molar refractivity (Wildman–Crippen MR) is 175 cm³/mol. The van der Waals surface area contributed by atoms with Crippen LogP contribution in [0.15, 0.2) is 84.2 Å². The van der Waals surface area contributed by atoms with Gasteiger partial charge < -0.3 is 19.7 Å². The Morgan fingerprint density at radius 1 is 0.956 bits per heavy atom. The van der Waals surface area contributed by atoms with Crippen LogP contribution in [0.3, 0.4) is 0 Å². The monoisotopic (exact) mass is 642 g/mol. The molecule has 6 rings (SSSR count). The minimum absolute atomic E-state index is 0.0344. The number of likely N-dealkylation sites (tertiary alicyclic amines) is 1. The van der Waals surface area contributed by atoms with Crippen LogP contribution in [-0.4, -0.2) is 35.3 Å². The second kappa shape index (κ2) is 13.1. The number of aryl methyl sites for hydroxylation is 1. The Hall–Kier alpha value is -4.14. The fraction of sp³-hybridized carbons (Fsp3) is 0.306. The standard InChI is InChI=1S/C36H35ClN2O5S/c1-21(2)17-30(40)39-33(25-12-15-27-28(18-25)44-20-43-27)32(35(41)29-5-4-16-45-29)31(24-10-13-26(37)14-11-24)34(39)36(42)38-19-23-8-6-22(3)7-9-23/h4-16,18,21,31-34H,17,19-20H2,1-3H3,(H,38,42). The molecule has 0 spiro atoms. The van der Waals surface area contributed by atoms with Gasteiger partial charge in [-0.25, -0.2) is 0 Å². The fourth-order valence-electron chi connectivity index (χ4n) is 6.40. The first-order chi connectivity index (χ1) is 21.7. The first-order valence-electron chi connectivity index (χ1n) is 15.1. The molecule has 1 saturated heterocycles. The SMILES string of the molecule is Cc1ccc(CNC(=O)C2C(c3ccc(Cl)cc3)C(C(=O)c3cccs3)C(c3ccc4c(c3)OCO4)N2C(=O)CC(C)C)cc1. The van der Waals surface area contributed by atoms with Crippen LogP contribution < -0.4 is 14.8 Å². The van der Waals surface area contributed by atoms with Gasteiger partial charge in [0, 0.05) is 23.9 Å². The third-order valence-corrected chi connectivity index (χ3v) is 9.59. The van der Waals surface area contributed by atoms with E-state index in [4.69, 9.17) is 21.1 Å². The van der Waals surface area contributed by atoms with E-state index in [0.29, 0.717) is 27.0 Å². The summed E-state index contributed by atoms with van der Waals surface area (Å²) in [6.07, 6.45) is 0.218. The highest BCUT2D eigenvalue weighted by atomic mass is 35.5. The zero-order valence-corrected chi connectivity index (χ0v) is 26.9. The molecular formula is C36H35ClN2O5S. The van der Waals surface area contributed by atoms with Gasteiger partial charge in [0.15, 0.2) is 17.3 Å². The summed E-state index contributed by atoms with van der Waals surface area (Å²) in [6, 6.07) is 22.6. The summed E-state index contributed by atoms with van der Waals surface area (Å²) in [5.74, 6) is -0.877. The van der Waals surface area contributed by atoms with Gasteiger partial charge in [-0.3, -0.25) is 14.4 Å². The first kappa shape index (κ1) is 30.9. The summed E-state index contributed by atoms with van der Waals surface area (Å²) in [5.41, 5.74) is 3.53. The van der Waals surface area contributed by atoms with Crippen molar-refractivity contribution < 1.29 is 23.9 Å². The number of hydrogen-bond acceptors (Lipinski definition) is 6. The van der Waals surface area contributed by atoms with Gasteiger partial charge in [-0.2, -0.15) is 0 Å². The van der Waals surface area contributed by atoms with Crippen LogP contribution in [-0.2, 0) is 16.1 Å². The number of halogens is 1. The lowest BCUT2D eigenvalue weighted by molar-refractivity contribution is -0.141. The van der Waals surface area contributed by atoms with E-state index in [1.165, 1.54) is 11.3 Å². The number of hydrogen-bond donors (Lipinski definition) is 1. The highest BCUT2D eigenvalue weighted by Crippen LogP contribution is 2.53. The van der Waals surface area contributed by atoms with E-state index in [1.54, 1.807) is 29.2 Å². The second-order valence-corrected chi connectivity index (χ2v) is 13.4. The lowest BCUT2D eigenvalue weighted by atomic mass is 9.77. The number of fused-ring (bicyclic) bond motifs is 1. The van der Waals surface area contributed by atoms with Gasteiger partial charge in [-0.1, -0.05) is 79.5 Å². The Kier molecular flexibility index (Phi) is 8.97. The van der Waals surface area contributed by atoms with Crippen molar-refractivity contribution in [3.8, 4) is 11.5 Å². The number of ketones is 1. The molecule has 0 bridgehead atoms. The number of carbonyl (C=O) groups is 3. The minimum atomic E-state index is -0.966. The molecular weight excluding hydrogens is 608 g/mol. The van der Waals surface area contributed by atoms with Gasteiger partial charge >= 0.3 is 0 Å². The molecule has 1 fully saturated rings. The van der Waals surface area contributed by atoms with Crippen molar-refractivity contribution in [2.45, 2.75) is 51.7 Å². The number of ether oxygens (including phenoxy) is 2. The average molecular weight is 643 g/mol. The van der Waals surface area contributed by atoms with E-state index >= 15 is 0 Å². The van der Waals surface area contributed by atoms with Crippen LogP contribution in [0.1, 0.15) is 64.2 Å². The largest absolute Gasteiger partial charge is 0.454 e. The number of thiophene rings is 1. The maximum Gasteiger partial charge on any atom is 0.243 e. The molecule has 0 aliphatic carbocycles. The summed E-state index contributed by atoms with van der Waals surface area (Å²) >= 11 is 7.66. The molecule has 1 N–H and O–H groups in total. The molecule has 45 heavy (non-hydrogen) atoms. The van der Waals surface area contributed by atoms with Crippen molar-refractivity contribution in [3.63, 3.8) is 0 Å². The zero-order chi connectivity index (χ0) is 31.7. The molecule has 3 aromatic carbocycles. The van der Waals surface area contributed by atoms with E-state index in [0.717, 1.165) is 16.7 Å². The molecule has 2 amide bonds. The molecule has 0 radical (unpaired) electrons. The van der Waals surface area contributed by atoms with Crippen molar-refractivity contribution in [3.05, 3.63) is 116 Å². The Morgan fingerprint density at radius 3 is 2.36 bits per heavy atom. The van der Waals surface area contributed by atoms with Crippen LogP contribution in [0.2, 0.25) is 5.02 Å². The first-order valence-corrected chi connectivity index (χ1v) is 16.3. The van der Waals surface area contributed by atoms with Crippen LogP contribution in [0.25, 0.3) is 0 Å². The van der Waals surface area contributed by atoms with E-state index in [1.807, 2.05) is 80.7 Å². The number of amides is 2. The number of Topliss-reactive ketones (excluding diaryl/α,β-unsaturated/α-hetero) is 1. The summed E-state index contributed by atoms with van der Waals surface area (Å²) in [6.45, 7) is 6.33. The molecule has 1 aromatic heterocycles. The quantitative estimate of drug-likeness (QED) is 0.193. The van der Waals surface area contributed by atoms with Gasteiger partial charge in [0.1, 0.15) is 6.04 Å². The van der Waals surface area contributed by atoms with E-state index in [2.05, 4.69) is 5.32 Å². The Balaban J connectivity index is 1.52. The topological polar surface area (TPSA) is 84.9 Å². The van der Waals surface area contributed by atoms with E-state index in [-0.39, 0.29) is 43.3 Å². The minimum Gasteiger partial charge on any atom is -0.454 e. The second-order valence-electron chi connectivity index (χ2n) is 12.0. The van der Waals surface area contributed by atoms with Crippen molar-refractivity contribution >= 4 is 40.5 Å². The van der Waals surface area contributed by atoms with Crippen molar-refractivity contribution in [1.29, 1.82) is 0 Å². The normalized spacial score (nSPS) is 20.4. The van der Waals surface area contributed by atoms with Crippen molar-refractivity contribution in [2.75, 3.05) is 6.79 Å². The van der Waals surface area contributed by atoms with Gasteiger partial charge in [0.25, 0.3) is 0 Å². The third-order valence-electron chi connectivity index (χ3n) is 8.45. The van der Waals surface area contributed by atoms with Crippen LogP contribution in [0.4, 0.5) is 0 Å². The molecule has 4 atom stereocenters. The Morgan fingerprint density at radius 2 is 1.67 bits per heavy atom. The molecule has 7 nitrogen and oxygen atoms in total. The zero-order valence-electron chi connectivity index (χ0n) is 25.4. The van der Waals surface area contributed by atoms with E-state index in [9.17, 15) is 14.4 Å². The Bertz CT molecular complexity index is 1690. The summed E-state index contributed by atoms with van der Waals surface area (Å²) in [5, 5.41) is 5.51. The van der Waals surface area contributed by atoms with Gasteiger partial charge in [-0.05, 0) is 65.2 Å². The van der Waals surface area contributed by atoms with Crippen LogP contribution in [0, 0.1) is 18.8 Å². The average Bonchev–Trinajstić information content (AvgIpc) is 3.79. The third kappa shape index (κ3) is 6.35. The van der Waals surface area contributed by atoms with Crippen LogP contribution in [0.5, 0.6) is 11.5 Å². The number of benzene rings is 3. The smallest absolute Gasteiger partial charge is 0.243 e. The molecule has 3 heterocycles. The summed E-state index contributed by atoms with van der Waals surface area (Å²) < 4.78 is 11.3. The van der Waals surface area contributed by atoms with E-state index < -0.39 is 23.9 Å². The maximum absolute atomic E-state index is 14.6. The predicted octanol–water partition coefficient (Wildman–Crippen LogP) is 7.34. The molecule has 4 unspecified atom stereocenters. The fourth-order valence-corrected chi connectivity index (χ4v) is 7.23. The summed E-state index contributed by atoms with van der Waals surface area (Å²) in [7, 11) is 0. The number of rotatable bonds is 9. The molecule has 232 valence electrons. The van der Waals surface area contributed by atoms with Gasteiger partial charge in [-0.15, -0.1) is 11.3 Å². The molecule has 9 heteroatoms. The van der Waals surface area contributed by atoms with Crippen LogP contribution >= 0.6 is 22.9 Å². The highest BCUT2D eigenvalue weighted by molar-refractivity contribution is 7.12. The molecule has 0 saturated carbocycles. The van der Waals surface area contributed by atoms with Gasteiger partial charge in [0.2, 0.25) is 18.6 Å². The number of nitrogens with zero attached hydrogens (tertiary/aromatic N) is 1. The lowest BCUT2D eigenvalue weighted by Crippen LogP contribution is -2.48. The number of nitrogens with one attached hydrogen (secondary N) is 1. The van der Waals surface area contributed by atoms with Crippen molar-refractivity contribution in [1.82, 2.24) is 10.2 Å².